The van der Waals surface area contributed by atoms with E-state index >= 15 is 0 Å². The van der Waals surface area contributed by atoms with Crippen LogP contribution in [0.15, 0.2) is 67.1 Å². The Balaban J connectivity index is 1.40. The molecule has 4 atom stereocenters. The summed E-state index contributed by atoms with van der Waals surface area (Å²) in [5, 5.41) is 17.3. The summed E-state index contributed by atoms with van der Waals surface area (Å²) in [4.78, 5) is 22.6. The molecular weight excluding hydrogens is 809 g/mol. The molecule has 0 spiro atoms. The molecule has 0 bridgehead atoms. The molecule has 4 aromatic heterocycles. The first-order chi connectivity index (χ1) is 27.9. The molecule has 1 saturated heterocycles. The van der Waals surface area contributed by atoms with E-state index < -0.39 is 49.5 Å². The van der Waals surface area contributed by atoms with Gasteiger partial charge in [0.05, 0.1) is 19.1 Å². The number of para-hydroxylation sites is 1. The summed E-state index contributed by atoms with van der Waals surface area (Å²) in [6, 6.07) is 17.4. The fourth-order valence-electron chi connectivity index (χ4n) is 6.21. The van der Waals surface area contributed by atoms with Crippen molar-refractivity contribution in [3.8, 4) is 23.1 Å². The van der Waals surface area contributed by atoms with Crippen LogP contribution in [-0.2, 0) is 18.0 Å². The van der Waals surface area contributed by atoms with Gasteiger partial charge in [0.15, 0.2) is 42.3 Å². The van der Waals surface area contributed by atoms with Gasteiger partial charge in [-0.1, -0.05) is 115 Å². The second-order valence-electron chi connectivity index (χ2n) is 20.4. The summed E-state index contributed by atoms with van der Waals surface area (Å²) in [6.07, 6.45) is 1.37. The van der Waals surface area contributed by atoms with Gasteiger partial charge in [-0.15, -0.1) is 10.2 Å². The summed E-state index contributed by atoms with van der Waals surface area (Å²) in [7, 11) is -7.05. The topological polar surface area (TPSA) is 151 Å². The third-order valence-electron chi connectivity index (χ3n) is 13.1. The highest BCUT2D eigenvalue weighted by atomic mass is 28.4. The Hall–Kier alpha value is -4.18. The average Bonchev–Trinajstić information content (AvgIpc) is 3.96. The Morgan fingerprint density at radius 1 is 0.700 bits per heavy atom. The summed E-state index contributed by atoms with van der Waals surface area (Å²) >= 11 is 0. The predicted molar refractivity (Wildman–Crippen MR) is 240 cm³/mol. The molecule has 1 fully saturated rings. The average molecular weight is 871 g/mol. The van der Waals surface area contributed by atoms with E-state index in [4.69, 9.17) is 37.8 Å². The zero-order valence-corrected chi connectivity index (χ0v) is 40.9. The Kier molecular flexibility index (Phi) is 11.4. The van der Waals surface area contributed by atoms with Crippen LogP contribution in [0.2, 0.25) is 54.4 Å². The van der Waals surface area contributed by atoms with E-state index in [0.29, 0.717) is 34.5 Å². The van der Waals surface area contributed by atoms with Crippen LogP contribution in [0.5, 0.6) is 5.88 Å². The molecule has 322 valence electrons. The van der Waals surface area contributed by atoms with E-state index in [1.165, 1.54) is 9.53 Å². The molecule has 2 aromatic carbocycles. The molecule has 0 saturated carbocycles. The van der Waals surface area contributed by atoms with Crippen LogP contribution in [0.3, 0.4) is 0 Å². The van der Waals surface area contributed by atoms with E-state index in [1.54, 1.807) is 12.5 Å². The maximum atomic E-state index is 7.47. The second kappa shape index (κ2) is 15.6. The van der Waals surface area contributed by atoms with E-state index in [-0.39, 0.29) is 26.9 Å². The van der Waals surface area contributed by atoms with Gasteiger partial charge in [0.25, 0.3) is 11.8 Å². The third-order valence-corrected chi connectivity index (χ3v) is 26.5. The molecule has 1 aliphatic heterocycles. The Bertz CT molecular complexity index is 2450. The van der Waals surface area contributed by atoms with Crippen LogP contribution >= 0.6 is 0 Å². The van der Waals surface area contributed by atoms with E-state index in [2.05, 4.69) is 122 Å². The van der Waals surface area contributed by atoms with Crippen molar-refractivity contribution in [2.45, 2.75) is 141 Å². The lowest BCUT2D eigenvalue weighted by atomic mass is 10.1. The molecule has 5 heterocycles. The van der Waals surface area contributed by atoms with Gasteiger partial charge in [-0.05, 0) is 71.7 Å². The molecule has 0 aliphatic carbocycles. The van der Waals surface area contributed by atoms with Crippen LogP contribution in [0, 0.1) is 0 Å². The third kappa shape index (κ3) is 8.51. The highest BCUT2D eigenvalue weighted by molar-refractivity contribution is 6.75. The van der Waals surface area contributed by atoms with E-state index in [1.807, 2.05) is 59.2 Å². The van der Waals surface area contributed by atoms with E-state index in [9.17, 15) is 0 Å². The quantitative estimate of drug-likeness (QED) is 0.108. The number of aromatic nitrogens is 10. The van der Waals surface area contributed by atoms with Crippen LogP contribution < -0.4 is 4.84 Å². The molecule has 60 heavy (non-hydrogen) atoms. The predicted octanol–water partition coefficient (Wildman–Crippen LogP) is 9.36. The lowest BCUT2D eigenvalue weighted by Crippen LogP contribution is -2.54. The molecule has 0 radical (unpaired) electrons. The van der Waals surface area contributed by atoms with Crippen LogP contribution in [0.25, 0.3) is 39.4 Å². The van der Waals surface area contributed by atoms with Crippen molar-refractivity contribution in [1.82, 2.24) is 49.7 Å². The van der Waals surface area contributed by atoms with Gasteiger partial charge in [0.2, 0.25) is 0 Å². The highest BCUT2D eigenvalue weighted by Crippen LogP contribution is 2.47. The first-order valence-corrected chi connectivity index (χ1v) is 29.5. The SMILES string of the molecule is CC(C)(C)[Si](C)(C)OC[C@H]1O[C@@H](n2cnc3c(On4nnc5ccccc54)nc(-n4cc(-c5ccccc5)nn4)nc32)[C@H](O[Si](C)(C)C(C)(C)C)[C@@H]1O[Si](C)(C)C(C)(C)C. The summed E-state index contributed by atoms with van der Waals surface area (Å²) in [5.41, 5.74) is 3.73. The van der Waals surface area contributed by atoms with Crippen molar-refractivity contribution in [2.75, 3.05) is 6.61 Å². The standard InChI is InChI=1S/C42H62N10O5Si3/c1-40(2,3)58(10,11)53-26-32-34(56-59(12,13)41(4,5)6)35(57-60(14,15)42(7,8)9)38(54-32)50-27-43-33-36(50)44-39(51-25-30(47-48-51)28-21-17-16-18-22-28)45-37(33)55-52-31-24-20-19-23-29(31)46-49-52/h16-25,27,32,34-35,38H,26H2,1-15H3/t32-,34-,35-,38-/m1/s1. The minimum atomic E-state index is -2.46. The fourth-order valence-corrected chi connectivity index (χ4v) is 9.82. The highest BCUT2D eigenvalue weighted by Gasteiger charge is 2.55. The molecule has 7 rings (SSSR count). The fraction of sp³-hybridized carbons (Fsp3) is 0.548. The normalized spacial score (nSPS) is 19.8. The van der Waals surface area contributed by atoms with Gasteiger partial charge in [0.1, 0.15) is 35.0 Å². The molecule has 0 unspecified atom stereocenters. The summed E-state index contributed by atoms with van der Waals surface area (Å²) < 4.78 is 32.5. The lowest BCUT2D eigenvalue weighted by molar-refractivity contribution is -0.0470. The minimum absolute atomic E-state index is 0.000737. The molecule has 18 heteroatoms. The van der Waals surface area contributed by atoms with Gasteiger partial charge in [-0.3, -0.25) is 4.57 Å². The largest absolute Gasteiger partial charge is 0.414 e. The van der Waals surface area contributed by atoms with Crippen molar-refractivity contribution in [1.29, 1.82) is 0 Å². The number of fused-ring (bicyclic) bond motifs is 2. The van der Waals surface area contributed by atoms with Gasteiger partial charge in [-0.2, -0.15) is 14.6 Å². The zero-order chi connectivity index (χ0) is 43.6. The van der Waals surface area contributed by atoms with E-state index in [0.717, 1.165) is 5.56 Å². The van der Waals surface area contributed by atoms with Gasteiger partial charge in [-0.25, -0.2) is 4.98 Å². The van der Waals surface area contributed by atoms with Crippen LogP contribution in [-0.4, -0.2) is 99.5 Å². The van der Waals surface area contributed by atoms with Crippen molar-refractivity contribution >= 4 is 47.1 Å². The maximum Gasteiger partial charge on any atom is 0.281 e. The van der Waals surface area contributed by atoms with Crippen molar-refractivity contribution in [2.24, 2.45) is 0 Å². The monoisotopic (exact) mass is 870 g/mol. The second-order valence-corrected chi connectivity index (χ2v) is 34.8. The van der Waals surface area contributed by atoms with Gasteiger partial charge >= 0.3 is 0 Å². The maximum absolute atomic E-state index is 7.47. The number of imidazole rings is 1. The smallest absolute Gasteiger partial charge is 0.281 e. The first-order valence-electron chi connectivity index (χ1n) is 20.7. The Morgan fingerprint density at radius 2 is 1.32 bits per heavy atom. The van der Waals surface area contributed by atoms with Crippen molar-refractivity contribution < 1.29 is 22.9 Å². The number of nitrogens with zero attached hydrogens (tertiary/aromatic N) is 10. The van der Waals surface area contributed by atoms with Crippen LogP contribution in [0.1, 0.15) is 68.5 Å². The first kappa shape index (κ1) is 43.9. The summed E-state index contributed by atoms with van der Waals surface area (Å²) in [6.45, 7) is 34.2. The molecular formula is C42H62N10O5Si3. The number of hydrogen-bond acceptors (Lipinski definition) is 12. The summed E-state index contributed by atoms with van der Waals surface area (Å²) in [5.74, 6) is 0.359. The molecule has 15 nitrogen and oxygen atoms in total. The van der Waals surface area contributed by atoms with Gasteiger partial charge in [0, 0.05) is 5.56 Å². The molecule has 6 aromatic rings. The number of rotatable bonds is 12. The molecule has 0 N–H and O–H groups in total. The lowest BCUT2D eigenvalue weighted by Gasteiger charge is -2.44. The van der Waals surface area contributed by atoms with Crippen LogP contribution in [0.4, 0.5) is 0 Å². The number of hydrogen-bond donors (Lipinski definition) is 0. The number of benzene rings is 2. The minimum Gasteiger partial charge on any atom is -0.414 e. The van der Waals surface area contributed by atoms with Crippen molar-refractivity contribution in [3.63, 3.8) is 0 Å². The Labute approximate surface area is 356 Å². The van der Waals surface area contributed by atoms with Crippen molar-refractivity contribution in [3.05, 3.63) is 67.1 Å². The zero-order valence-electron chi connectivity index (χ0n) is 37.9. The molecule has 0 amide bonds. The number of ether oxygens (including phenoxy) is 1. The molecule has 1 aliphatic rings. The van der Waals surface area contributed by atoms with Gasteiger partial charge < -0.3 is 22.9 Å². The Morgan fingerprint density at radius 3 is 1.97 bits per heavy atom.